The molecule has 2 aromatic rings. The third-order valence-electron chi connectivity index (χ3n) is 4.61. The van der Waals surface area contributed by atoms with Gasteiger partial charge in [0, 0.05) is 25.1 Å². The number of amides is 2. The van der Waals surface area contributed by atoms with Gasteiger partial charge in [-0.1, -0.05) is 36.4 Å². The Morgan fingerprint density at radius 2 is 1.59 bits per heavy atom. The van der Waals surface area contributed by atoms with Crippen molar-refractivity contribution in [3.63, 3.8) is 0 Å². The zero-order valence-electron chi connectivity index (χ0n) is 14.7. The lowest BCUT2D eigenvalue weighted by molar-refractivity contribution is -0.130. The van der Waals surface area contributed by atoms with Crippen LogP contribution in [0.3, 0.4) is 0 Å². The van der Waals surface area contributed by atoms with Crippen molar-refractivity contribution in [3.8, 4) is 0 Å². The predicted molar refractivity (Wildman–Crippen MR) is 99.8 cm³/mol. The molecule has 0 bridgehead atoms. The highest BCUT2D eigenvalue weighted by Gasteiger charge is 2.27. The van der Waals surface area contributed by atoms with Crippen molar-refractivity contribution < 1.29 is 18.4 Å². The molecule has 2 amide bonds. The highest BCUT2D eigenvalue weighted by Crippen LogP contribution is 2.23. The second-order valence-electron chi connectivity index (χ2n) is 6.43. The van der Waals surface area contributed by atoms with E-state index in [-0.39, 0.29) is 11.8 Å². The van der Waals surface area contributed by atoms with Crippen LogP contribution in [0.25, 0.3) is 6.08 Å². The maximum absolute atomic E-state index is 13.7. The molecule has 0 atom stereocenters. The first kappa shape index (κ1) is 18.8. The van der Waals surface area contributed by atoms with Crippen LogP contribution in [0.2, 0.25) is 0 Å². The van der Waals surface area contributed by atoms with Crippen LogP contribution in [0.5, 0.6) is 0 Å². The second-order valence-corrected chi connectivity index (χ2v) is 6.43. The molecule has 6 heteroatoms. The maximum atomic E-state index is 13.7. The van der Waals surface area contributed by atoms with Crippen molar-refractivity contribution in [2.24, 2.45) is 5.92 Å². The number of carbonyl (C=O) groups excluding carboxylic acids is 2. The lowest BCUT2D eigenvalue weighted by atomic mass is 9.95. The topological polar surface area (TPSA) is 49.4 Å². The van der Waals surface area contributed by atoms with E-state index in [1.165, 1.54) is 12.1 Å². The lowest BCUT2D eigenvalue weighted by Gasteiger charge is -2.30. The van der Waals surface area contributed by atoms with Gasteiger partial charge in [0.2, 0.25) is 11.8 Å². The van der Waals surface area contributed by atoms with E-state index in [2.05, 4.69) is 5.32 Å². The molecule has 1 aliphatic rings. The number of likely N-dealkylation sites (tertiary alicyclic amines) is 1. The Balaban J connectivity index is 1.53. The summed E-state index contributed by atoms with van der Waals surface area (Å²) in [7, 11) is 0. The zero-order valence-corrected chi connectivity index (χ0v) is 14.7. The molecule has 0 spiro atoms. The average Bonchev–Trinajstić information content (AvgIpc) is 2.70. The molecular formula is C21H20F2N2O2. The molecule has 140 valence electrons. The molecule has 3 rings (SSSR count). The number of nitrogens with one attached hydrogen (secondary N) is 1. The van der Waals surface area contributed by atoms with Gasteiger partial charge in [-0.3, -0.25) is 9.59 Å². The largest absolute Gasteiger partial charge is 0.339 e. The molecule has 0 unspecified atom stereocenters. The van der Waals surface area contributed by atoms with Gasteiger partial charge in [-0.15, -0.1) is 0 Å². The molecule has 0 radical (unpaired) electrons. The molecule has 1 fully saturated rings. The maximum Gasteiger partial charge on any atom is 0.246 e. The summed E-state index contributed by atoms with van der Waals surface area (Å²) in [6.07, 6.45) is 4.17. The van der Waals surface area contributed by atoms with Crippen LogP contribution in [0.4, 0.5) is 14.5 Å². The fourth-order valence-electron chi connectivity index (χ4n) is 3.04. The van der Waals surface area contributed by atoms with Gasteiger partial charge in [-0.2, -0.15) is 0 Å². The van der Waals surface area contributed by atoms with Crippen molar-refractivity contribution in [1.29, 1.82) is 0 Å². The summed E-state index contributed by atoms with van der Waals surface area (Å²) in [4.78, 5) is 26.2. The van der Waals surface area contributed by atoms with Crippen LogP contribution < -0.4 is 5.32 Å². The summed E-state index contributed by atoms with van der Waals surface area (Å²) in [5.41, 5.74) is 0.513. The van der Waals surface area contributed by atoms with Gasteiger partial charge in [-0.25, -0.2) is 8.78 Å². The number of hydrogen-bond acceptors (Lipinski definition) is 2. The number of para-hydroxylation sites is 1. The number of hydrogen-bond donors (Lipinski definition) is 1. The van der Waals surface area contributed by atoms with E-state index in [1.54, 1.807) is 11.0 Å². The van der Waals surface area contributed by atoms with Crippen LogP contribution >= 0.6 is 0 Å². The van der Waals surface area contributed by atoms with E-state index in [0.29, 0.717) is 25.9 Å². The Morgan fingerprint density at radius 1 is 0.963 bits per heavy atom. The van der Waals surface area contributed by atoms with Crippen LogP contribution in [0.15, 0.2) is 54.6 Å². The minimum absolute atomic E-state index is 0.113. The van der Waals surface area contributed by atoms with E-state index in [4.69, 9.17) is 0 Å². The molecule has 1 heterocycles. The van der Waals surface area contributed by atoms with E-state index >= 15 is 0 Å². The first-order chi connectivity index (χ1) is 13.0. The standard InChI is InChI=1S/C21H20F2N2O2/c22-17-7-4-8-18(23)20(17)24-21(27)16-11-13-25(14-12-16)19(26)10-9-15-5-2-1-3-6-15/h1-10,16H,11-14H2,(H,24,27)/b10-9+. The molecule has 1 saturated heterocycles. The van der Waals surface area contributed by atoms with Crippen molar-refractivity contribution >= 4 is 23.6 Å². The van der Waals surface area contributed by atoms with Gasteiger partial charge in [0.05, 0.1) is 0 Å². The van der Waals surface area contributed by atoms with E-state index in [1.807, 2.05) is 30.3 Å². The third-order valence-corrected chi connectivity index (χ3v) is 4.61. The third kappa shape index (κ3) is 4.78. The minimum atomic E-state index is -0.804. The normalized spacial score (nSPS) is 15.1. The second kappa shape index (κ2) is 8.58. The molecule has 0 saturated carbocycles. The average molecular weight is 370 g/mol. The van der Waals surface area contributed by atoms with Crippen LogP contribution in [0, 0.1) is 17.6 Å². The number of piperidine rings is 1. The van der Waals surface area contributed by atoms with Gasteiger partial charge in [-0.05, 0) is 36.6 Å². The van der Waals surface area contributed by atoms with Crippen molar-refractivity contribution in [2.45, 2.75) is 12.8 Å². The Labute approximate surface area is 156 Å². The van der Waals surface area contributed by atoms with Gasteiger partial charge in [0.15, 0.2) is 0 Å². The highest BCUT2D eigenvalue weighted by molar-refractivity contribution is 5.94. The summed E-state index contributed by atoms with van der Waals surface area (Å²) in [6, 6.07) is 12.9. The Morgan fingerprint density at radius 3 is 2.22 bits per heavy atom. The fraction of sp³-hybridized carbons (Fsp3) is 0.238. The van der Waals surface area contributed by atoms with E-state index in [0.717, 1.165) is 17.7 Å². The molecule has 1 N–H and O–H groups in total. The van der Waals surface area contributed by atoms with Crippen LogP contribution in [-0.4, -0.2) is 29.8 Å². The molecule has 1 aliphatic heterocycles. The lowest BCUT2D eigenvalue weighted by Crippen LogP contribution is -2.40. The first-order valence-corrected chi connectivity index (χ1v) is 8.81. The molecule has 0 aromatic heterocycles. The number of anilines is 1. The van der Waals surface area contributed by atoms with Gasteiger partial charge >= 0.3 is 0 Å². The SMILES string of the molecule is O=C(Nc1c(F)cccc1F)C1CCN(C(=O)/C=C/c2ccccc2)CC1. The quantitative estimate of drug-likeness (QED) is 0.831. The van der Waals surface area contributed by atoms with Gasteiger partial charge in [0.1, 0.15) is 17.3 Å². The van der Waals surface area contributed by atoms with Gasteiger partial charge in [0.25, 0.3) is 0 Å². The summed E-state index contributed by atoms with van der Waals surface area (Å²) in [5, 5.41) is 2.33. The fourth-order valence-corrected chi connectivity index (χ4v) is 3.04. The summed E-state index contributed by atoms with van der Waals surface area (Å²) in [5.74, 6) is -2.53. The molecule has 27 heavy (non-hydrogen) atoms. The summed E-state index contributed by atoms with van der Waals surface area (Å²) in [6.45, 7) is 0.853. The molecule has 2 aromatic carbocycles. The van der Waals surface area contributed by atoms with Crippen molar-refractivity contribution in [3.05, 3.63) is 71.8 Å². The molecule has 0 aliphatic carbocycles. The van der Waals surface area contributed by atoms with Crippen molar-refractivity contribution in [2.75, 3.05) is 18.4 Å². The summed E-state index contributed by atoms with van der Waals surface area (Å²) < 4.78 is 27.3. The monoisotopic (exact) mass is 370 g/mol. The molecular weight excluding hydrogens is 350 g/mol. The van der Waals surface area contributed by atoms with E-state index < -0.39 is 23.2 Å². The van der Waals surface area contributed by atoms with Gasteiger partial charge < -0.3 is 10.2 Å². The number of nitrogens with zero attached hydrogens (tertiary/aromatic N) is 1. The predicted octanol–water partition coefficient (Wildman–Crippen LogP) is 3.86. The smallest absolute Gasteiger partial charge is 0.246 e. The van der Waals surface area contributed by atoms with E-state index in [9.17, 15) is 18.4 Å². The summed E-state index contributed by atoms with van der Waals surface area (Å²) >= 11 is 0. The first-order valence-electron chi connectivity index (χ1n) is 8.81. The molecule has 4 nitrogen and oxygen atoms in total. The number of benzene rings is 2. The van der Waals surface area contributed by atoms with Crippen LogP contribution in [0.1, 0.15) is 18.4 Å². The zero-order chi connectivity index (χ0) is 19.2. The Bertz CT molecular complexity index is 824. The Hall–Kier alpha value is -3.02. The Kier molecular flexibility index (Phi) is 5.96. The highest BCUT2D eigenvalue weighted by atomic mass is 19.1. The number of rotatable bonds is 4. The van der Waals surface area contributed by atoms with Crippen molar-refractivity contribution in [1.82, 2.24) is 4.90 Å². The number of carbonyl (C=O) groups is 2. The van der Waals surface area contributed by atoms with Crippen LogP contribution in [-0.2, 0) is 9.59 Å². The minimum Gasteiger partial charge on any atom is -0.339 e. The number of halogens is 2.